The molecular formula is C18H21ClN4O2S. The summed E-state index contributed by atoms with van der Waals surface area (Å²) in [6, 6.07) is 9.52. The molecule has 0 atom stereocenters. The van der Waals surface area contributed by atoms with Gasteiger partial charge in [0.25, 0.3) is 5.91 Å². The standard InChI is InChI=1S/C18H21ClN4O2S/c19-14-3-1-13(2-4-14)11-22-6-8-23(9-7-22)12-16(24)21-18-15(17(20)25)5-10-26-18/h1-5,10H,6-9,11-12H2,(H2,20,25)(H,21,24). The molecule has 0 spiro atoms. The van der Waals surface area contributed by atoms with Crippen LogP contribution in [0.1, 0.15) is 15.9 Å². The number of amides is 2. The van der Waals surface area contributed by atoms with E-state index in [1.54, 1.807) is 11.4 Å². The molecule has 1 aliphatic rings. The summed E-state index contributed by atoms with van der Waals surface area (Å²) in [5.41, 5.74) is 6.89. The molecule has 3 N–H and O–H groups in total. The first-order valence-electron chi connectivity index (χ1n) is 8.37. The van der Waals surface area contributed by atoms with Crippen molar-refractivity contribution >= 4 is 39.8 Å². The summed E-state index contributed by atoms with van der Waals surface area (Å²) in [5, 5.41) is 5.79. The minimum atomic E-state index is -0.530. The van der Waals surface area contributed by atoms with E-state index in [-0.39, 0.29) is 5.91 Å². The van der Waals surface area contributed by atoms with Crippen molar-refractivity contribution in [2.45, 2.75) is 6.54 Å². The predicted molar refractivity (Wildman–Crippen MR) is 105 cm³/mol. The summed E-state index contributed by atoms with van der Waals surface area (Å²) in [4.78, 5) is 28.0. The van der Waals surface area contributed by atoms with Gasteiger partial charge >= 0.3 is 0 Å². The molecule has 0 bridgehead atoms. The first-order valence-corrected chi connectivity index (χ1v) is 9.63. The smallest absolute Gasteiger partial charge is 0.251 e. The zero-order valence-corrected chi connectivity index (χ0v) is 15.9. The topological polar surface area (TPSA) is 78.7 Å². The molecule has 8 heteroatoms. The fraction of sp³-hybridized carbons (Fsp3) is 0.333. The van der Waals surface area contributed by atoms with Gasteiger partial charge in [-0.2, -0.15) is 0 Å². The van der Waals surface area contributed by atoms with E-state index in [0.29, 0.717) is 17.1 Å². The van der Waals surface area contributed by atoms with Crippen LogP contribution in [-0.2, 0) is 11.3 Å². The molecule has 2 amide bonds. The number of thiophene rings is 1. The van der Waals surface area contributed by atoms with Crippen molar-refractivity contribution in [3.63, 3.8) is 0 Å². The number of carbonyl (C=O) groups excluding carboxylic acids is 2. The van der Waals surface area contributed by atoms with Gasteiger partial charge in [0.15, 0.2) is 0 Å². The first kappa shape index (κ1) is 18.8. The SMILES string of the molecule is NC(=O)c1ccsc1NC(=O)CN1CCN(Cc2ccc(Cl)cc2)CC1. The third kappa shape index (κ3) is 5.04. The second-order valence-electron chi connectivity index (χ2n) is 6.25. The Morgan fingerprint density at radius 2 is 1.73 bits per heavy atom. The fourth-order valence-corrected chi connectivity index (χ4v) is 3.86. The number of halogens is 1. The highest BCUT2D eigenvalue weighted by molar-refractivity contribution is 7.14. The molecule has 1 fully saturated rings. The Kier molecular flexibility index (Phi) is 6.26. The molecule has 1 saturated heterocycles. The number of benzene rings is 1. The van der Waals surface area contributed by atoms with Crippen molar-refractivity contribution < 1.29 is 9.59 Å². The van der Waals surface area contributed by atoms with Crippen LogP contribution in [0.4, 0.5) is 5.00 Å². The lowest BCUT2D eigenvalue weighted by Gasteiger charge is -2.34. The number of hydrogen-bond donors (Lipinski definition) is 2. The molecule has 138 valence electrons. The number of nitrogens with one attached hydrogen (secondary N) is 1. The maximum Gasteiger partial charge on any atom is 0.251 e. The monoisotopic (exact) mass is 392 g/mol. The Morgan fingerprint density at radius 1 is 1.08 bits per heavy atom. The van der Waals surface area contributed by atoms with Crippen molar-refractivity contribution in [1.82, 2.24) is 9.80 Å². The van der Waals surface area contributed by atoms with E-state index in [9.17, 15) is 9.59 Å². The van der Waals surface area contributed by atoms with E-state index in [1.165, 1.54) is 16.9 Å². The summed E-state index contributed by atoms with van der Waals surface area (Å²) in [6.45, 7) is 4.66. The summed E-state index contributed by atoms with van der Waals surface area (Å²) < 4.78 is 0. The number of hydrogen-bond acceptors (Lipinski definition) is 5. The van der Waals surface area contributed by atoms with E-state index in [2.05, 4.69) is 15.1 Å². The van der Waals surface area contributed by atoms with Crippen LogP contribution >= 0.6 is 22.9 Å². The number of primary amides is 1. The molecule has 2 heterocycles. The second-order valence-corrected chi connectivity index (χ2v) is 7.61. The average Bonchev–Trinajstić information content (AvgIpc) is 3.07. The van der Waals surface area contributed by atoms with Crippen LogP contribution in [0.2, 0.25) is 5.02 Å². The van der Waals surface area contributed by atoms with Gasteiger partial charge in [-0.1, -0.05) is 23.7 Å². The number of nitrogens with zero attached hydrogens (tertiary/aromatic N) is 2. The number of rotatable bonds is 6. The van der Waals surface area contributed by atoms with Crippen LogP contribution in [0.5, 0.6) is 0 Å². The highest BCUT2D eigenvalue weighted by Crippen LogP contribution is 2.22. The normalized spacial score (nSPS) is 15.7. The minimum absolute atomic E-state index is 0.124. The molecule has 26 heavy (non-hydrogen) atoms. The van der Waals surface area contributed by atoms with Crippen molar-refractivity contribution in [3.8, 4) is 0 Å². The number of piperazine rings is 1. The van der Waals surface area contributed by atoms with Crippen LogP contribution in [-0.4, -0.2) is 54.3 Å². The molecule has 0 radical (unpaired) electrons. The summed E-state index contributed by atoms with van der Waals surface area (Å²) in [6.07, 6.45) is 0. The van der Waals surface area contributed by atoms with E-state index in [1.807, 2.05) is 24.3 Å². The first-order chi connectivity index (χ1) is 12.5. The van der Waals surface area contributed by atoms with E-state index in [0.717, 1.165) is 37.7 Å². The molecule has 3 rings (SSSR count). The number of carbonyl (C=O) groups is 2. The molecule has 1 aromatic heterocycles. The number of anilines is 1. The Hall–Kier alpha value is -1.93. The Labute approximate surface area is 161 Å². The zero-order chi connectivity index (χ0) is 18.5. The summed E-state index contributed by atoms with van der Waals surface area (Å²) in [5.74, 6) is -0.654. The van der Waals surface area contributed by atoms with Crippen LogP contribution in [0, 0.1) is 0 Å². The summed E-state index contributed by atoms with van der Waals surface area (Å²) >= 11 is 7.22. The lowest BCUT2D eigenvalue weighted by Crippen LogP contribution is -2.48. The van der Waals surface area contributed by atoms with Crippen molar-refractivity contribution in [3.05, 3.63) is 51.9 Å². The van der Waals surface area contributed by atoms with Gasteiger partial charge in [-0.25, -0.2) is 0 Å². The fourth-order valence-electron chi connectivity index (χ4n) is 2.92. The van der Waals surface area contributed by atoms with Gasteiger partial charge in [-0.3, -0.25) is 19.4 Å². The molecule has 1 aromatic carbocycles. The minimum Gasteiger partial charge on any atom is -0.366 e. The van der Waals surface area contributed by atoms with Crippen molar-refractivity contribution in [2.24, 2.45) is 5.73 Å². The van der Waals surface area contributed by atoms with Gasteiger partial charge in [0, 0.05) is 37.7 Å². The van der Waals surface area contributed by atoms with E-state index >= 15 is 0 Å². The molecule has 6 nitrogen and oxygen atoms in total. The van der Waals surface area contributed by atoms with E-state index < -0.39 is 5.91 Å². The summed E-state index contributed by atoms with van der Waals surface area (Å²) in [7, 11) is 0. The zero-order valence-electron chi connectivity index (χ0n) is 14.3. The maximum absolute atomic E-state index is 12.2. The molecule has 0 saturated carbocycles. The molecule has 2 aromatic rings. The maximum atomic E-state index is 12.2. The van der Waals surface area contributed by atoms with Crippen LogP contribution < -0.4 is 11.1 Å². The largest absolute Gasteiger partial charge is 0.366 e. The van der Waals surface area contributed by atoms with Crippen molar-refractivity contribution in [1.29, 1.82) is 0 Å². The highest BCUT2D eigenvalue weighted by Gasteiger charge is 2.20. The molecule has 0 aliphatic carbocycles. The quantitative estimate of drug-likeness (QED) is 0.790. The van der Waals surface area contributed by atoms with Gasteiger partial charge in [0.2, 0.25) is 5.91 Å². The van der Waals surface area contributed by atoms with Gasteiger partial charge in [0.1, 0.15) is 5.00 Å². The molecule has 1 aliphatic heterocycles. The second kappa shape index (κ2) is 8.64. The number of nitrogens with two attached hydrogens (primary N) is 1. The molecular weight excluding hydrogens is 372 g/mol. The van der Waals surface area contributed by atoms with Gasteiger partial charge < -0.3 is 11.1 Å². The lowest BCUT2D eigenvalue weighted by atomic mass is 10.2. The van der Waals surface area contributed by atoms with Gasteiger partial charge in [-0.15, -0.1) is 11.3 Å². The average molecular weight is 393 g/mol. The Morgan fingerprint density at radius 3 is 2.38 bits per heavy atom. The Balaban J connectivity index is 1.44. The van der Waals surface area contributed by atoms with Crippen molar-refractivity contribution in [2.75, 3.05) is 38.0 Å². The predicted octanol–water partition coefficient (Wildman–Crippen LogP) is 2.26. The highest BCUT2D eigenvalue weighted by atomic mass is 35.5. The third-order valence-electron chi connectivity index (χ3n) is 4.34. The Bertz CT molecular complexity index is 770. The third-order valence-corrected chi connectivity index (χ3v) is 5.42. The van der Waals surface area contributed by atoms with Gasteiger partial charge in [0.05, 0.1) is 12.1 Å². The van der Waals surface area contributed by atoms with Crippen LogP contribution in [0.15, 0.2) is 35.7 Å². The van der Waals surface area contributed by atoms with Crippen LogP contribution in [0.3, 0.4) is 0 Å². The van der Waals surface area contributed by atoms with E-state index in [4.69, 9.17) is 17.3 Å². The molecule has 0 unspecified atom stereocenters. The van der Waals surface area contributed by atoms with Gasteiger partial charge in [-0.05, 0) is 29.1 Å². The lowest BCUT2D eigenvalue weighted by molar-refractivity contribution is -0.117. The van der Waals surface area contributed by atoms with Crippen LogP contribution in [0.25, 0.3) is 0 Å².